The minimum absolute atomic E-state index is 0.0256. The summed E-state index contributed by atoms with van der Waals surface area (Å²) in [5.74, 6) is 2.41. The lowest BCUT2D eigenvalue weighted by molar-refractivity contribution is 0.0782. The number of hydrogen-bond acceptors (Lipinski definition) is 4. The van der Waals surface area contributed by atoms with Crippen LogP contribution in [0.15, 0.2) is 53.1 Å². The SMILES string of the molecule is CN(Cc1cc(C2CC2)on1)C(=O)c1cccc(-c2ccc3c(c2)CCO3)c1. The van der Waals surface area contributed by atoms with Crippen molar-refractivity contribution < 1.29 is 14.1 Å². The van der Waals surface area contributed by atoms with Gasteiger partial charge in [-0.05, 0) is 53.8 Å². The first-order chi connectivity index (χ1) is 13.7. The summed E-state index contributed by atoms with van der Waals surface area (Å²) in [4.78, 5) is 14.6. The van der Waals surface area contributed by atoms with Gasteiger partial charge in [-0.15, -0.1) is 0 Å². The summed E-state index contributed by atoms with van der Waals surface area (Å²) in [7, 11) is 1.80. The van der Waals surface area contributed by atoms with Gasteiger partial charge in [-0.25, -0.2) is 0 Å². The third-order valence-electron chi connectivity index (χ3n) is 5.44. The molecule has 1 fully saturated rings. The highest BCUT2D eigenvalue weighted by Gasteiger charge is 2.28. The molecule has 0 saturated heterocycles. The molecule has 5 heteroatoms. The van der Waals surface area contributed by atoms with Crippen LogP contribution in [0.2, 0.25) is 0 Å². The Labute approximate surface area is 163 Å². The summed E-state index contributed by atoms with van der Waals surface area (Å²) in [5, 5.41) is 4.11. The van der Waals surface area contributed by atoms with Gasteiger partial charge in [-0.3, -0.25) is 4.79 Å². The predicted molar refractivity (Wildman–Crippen MR) is 105 cm³/mol. The molecular formula is C23H22N2O3. The lowest BCUT2D eigenvalue weighted by atomic mass is 10.00. The number of benzene rings is 2. The number of ether oxygens (including phenoxy) is 1. The highest BCUT2D eigenvalue weighted by atomic mass is 16.5. The fourth-order valence-corrected chi connectivity index (χ4v) is 3.70. The quantitative estimate of drug-likeness (QED) is 0.663. The highest BCUT2D eigenvalue weighted by molar-refractivity contribution is 5.95. The molecule has 2 aromatic carbocycles. The molecule has 28 heavy (non-hydrogen) atoms. The molecule has 0 unspecified atom stereocenters. The first-order valence-electron chi connectivity index (χ1n) is 9.74. The molecule has 2 heterocycles. The van der Waals surface area contributed by atoms with Gasteiger partial charge in [0, 0.05) is 31.0 Å². The molecule has 2 aliphatic rings. The summed E-state index contributed by atoms with van der Waals surface area (Å²) in [6.07, 6.45) is 3.28. The van der Waals surface area contributed by atoms with E-state index in [1.54, 1.807) is 11.9 Å². The Balaban J connectivity index is 1.33. The molecule has 0 atom stereocenters. The Morgan fingerprint density at radius 3 is 2.86 bits per heavy atom. The van der Waals surface area contributed by atoms with Crippen LogP contribution in [-0.2, 0) is 13.0 Å². The van der Waals surface area contributed by atoms with E-state index >= 15 is 0 Å². The van der Waals surface area contributed by atoms with Crippen LogP contribution < -0.4 is 4.74 Å². The van der Waals surface area contributed by atoms with Gasteiger partial charge in [0.1, 0.15) is 17.2 Å². The van der Waals surface area contributed by atoms with Crippen LogP contribution in [0.25, 0.3) is 11.1 Å². The zero-order valence-electron chi connectivity index (χ0n) is 15.9. The lowest BCUT2D eigenvalue weighted by Gasteiger charge is -2.16. The maximum absolute atomic E-state index is 12.9. The minimum Gasteiger partial charge on any atom is -0.493 e. The molecule has 0 radical (unpaired) electrons. The number of carbonyl (C=O) groups excluding carboxylic acids is 1. The Bertz CT molecular complexity index is 1040. The van der Waals surface area contributed by atoms with Crippen molar-refractivity contribution in [3.05, 3.63) is 71.1 Å². The summed E-state index contributed by atoms with van der Waals surface area (Å²) in [6.45, 7) is 1.18. The summed E-state index contributed by atoms with van der Waals surface area (Å²) in [6, 6.07) is 16.0. The van der Waals surface area contributed by atoms with E-state index in [4.69, 9.17) is 9.26 Å². The molecule has 142 valence electrons. The topological polar surface area (TPSA) is 55.6 Å². The van der Waals surface area contributed by atoms with E-state index in [1.165, 1.54) is 18.4 Å². The van der Waals surface area contributed by atoms with Crippen molar-refractivity contribution in [2.24, 2.45) is 0 Å². The van der Waals surface area contributed by atoms with Gasteiger partial charge in [-0.2, -0.15) is 0 Å². The van der Waals surface area contributed by atoms with E-state index in [2.05, 4.69) is 11.2 Å². The summed E-state index contributed by atoms with van der Waals surface area (Å²) < 4.78 is 11.0. The van der Waals surface area contributed by atoms with E-state index in [0.717, 1.165) is 41.4 Å². The molecule has 1 aliphatic heterocycles. The van der Waals surface area contributed by atoms with E-state index in [9.17, 15) is 4.79 Å². The zero-order chi connectivity index (χ0) is 19.1. The van der Waals surface area contributed by atoms with Gasteiger partial charge < -0.3 is 14.2 Å². The van der Waals surface area contributed by atoms with Crippen LogP contribution >= 0.6 is 0 Å². The number of amides is 1. The molecule has 3 aromatic rings. The second kappa shape index (κ2) is 6.82. The predicted octanol–water partition coefficient (Wildman–Crippen LogP) is 4.43. The summed E-state index contributed by atoms with van der Waals surface area (Å²) in [5.41, 5.74) is 4.83. The number of nitrogens with zero attached hydrogens (tertiary/aromatic N) is 2. The standard InChI is InChI=1S/C23H22N2O3/c1-25(14-20-13-22(28-24-20)15-5-6-15)23(26)19-4-2-3-16(12-19)17-7-8-21-18(11-17)9-10-27-21/h2-4,7-8,11-13,15H,5-6,9-10,14H2,1H3. The van der Waals surface area contributed by atoms with Crippen LogP contribution in [-0.4, -0.2) is 29.6 Å². The van der Waals surface area contributed by atoms with Gasteiger partial charge >= 0.3 is 0 Å². The smallest absolute Gasteiger partial charge is 0.253 e. The number of carbonyl (C=O) groups is 1. The number of aromatic nitrogens is 1. The molecule has 1 aromatic heterocycles. The third-order valence-corrected chi connectivity index (χ3v) is 5.44. The highest BCUT2D eigenvalue weighted by Crippen LogP contribution is 2.40. The van der Waals surface area contributed by atoms with Crippen molar-refractivity contribution >= 4 is 5.91 Å². The van der Waals surface area contributed by atoms with Gasteiger partial charge in [0.15, 0.2) is 0 Å². The second-order valence-corrected chi connectivity index (χ2v) is 7.66. The molecule has 0 N–H and O–H groups in total. The van der Waals surface area contributed by atoms with Crippen molar-refractivity contribution in [3.63, 3.8) is 0 Å². The summed E-state index contributed by atoms with van der Waals surface area (Å²) >= 11 is 0. The molecule has 5 nitrogen and oxygen atoms in total. The van der Waals surface area contributed by atoms with Gasteiger partial charge in [0.05, 0.1) is 13.2 Å². The fraction of sp³-hybridized carbons (Fsp3) is 0.304. The number of rotatable bonds is 5. The van der Waals surface area contributed by atoms with Crippen molar-refractivity contribution in [2.45, 2.75) is 31.7 Å². The van der Waals surface area contributed by atoms with E-state index in [1.807, 2.05) is 42.5 Å². The van der Waals surface area contributed by atoms with Crippen LogP contribution in [0.3, 0.4) is 0 Å². The van der Waals surface area contributed by atoms with Gasteiger partial charge in [0.2, 0.25) is 0 Å². The fourth-order valence-electron chi connectivity index (χ4n) is 3.70. The third kappa shape index (κ3) is 3.28. The Hall–Kier alpha value is -3.08. The van der Waals surface area contributed by atoms with Gasteiger partial charge in [-0.1, -0.05) is 23.4 Å². The Morgan fingerprint density at radius 2 is 2.00 bits per heavy atom. The first kappa shape index (κ1) is 17.0. The van der Waals surface area contributed by atoms with E-state index < -0.39 is 0 Å². The van der Waals surface area contributed by atoms with Crippen LogP contribution in [0.5, 0.6) is 5.75 Å². The minimum atomic E-state index is -0.0256. The van der Waals surface area contributed by atoms with E-state index in [-0.39, 0.29) is 5.91 Å². The van der Waals surface area contributed by atoms with Crippen molar-refractivity contribution in [1.82, 2.24) is 10.1 Å². The average Bonchev–Trinajstić information content (AvgIpc) is 3.28. The molecule has 1 aliphatic carbocycles. The van der Waals surface area contributed by atoms with Crippen molar-refractivity contribution in [1.29, 1.82) is 0 Å². The molecular weight excluding hydrogens is 352 g/mol. The van der Waals surface area contributed by atoms with E-state index in [0.29, 0.717) is 18.0 Å². The van der Waals surface area contributed by atoms with Crippen LogP contribution in [0.1, 0.15) is 46.1 Å². The Kier molecular flexibility index (Phi) is 4.15. The van der Waals surface area contributed by atoms with Crippen molar-refractivity contribution in [3.8, 4) is 16.9 Å². The Morgan fingerprint density at radius 1 is 1.14 bits per heavy atom. The number of hydrogen-bond donors (Lipinski definition) is 0. The molecule has 0 spiro atoms. The molecule has 0 bridgehead atoms. The van der Waals surface area contributed by atoms with Gasteiger partial charge in [0.25, 0.3) is 5.91 Å². The average molecular weight is 374 g/mol. The number of fused-ring (bicyclic) bond motifs is 1. The molecule has 1 saturated carbocycles. The maximum Gasteiger partial charge on any atom is 0.253 e. The largest absolute Gasteiger partial charge is 0.493 e. The van der Waals surface area contributed by atoms with Crippen LogP contribution in [0.4, 0.5) is 0 Å². The monoisotopic (exact) mass is 374 g/mol. The zero-order valence-corrected chi connectivity index (χ0v) is 15.9. The maximum atomic E-state index is 12.9. The van der Waals surface area contributed by atoms with Crippen molar-refractivity contribution in [2.75, 3.05) is 13.7 Å². The molecule has 1 amide bonds. The first-order valence-corrected chi connectivity index (χ1v) is 9.74. The lowest BCUT2D eigenvalue weighted by Crippen LogP contribution is -2.26. The molecule has 5 rings (SSSR count). The second-order valence-electron chi connectivity index (χ2n) is 7.66. The van der Waals surface area contributed by atoms with Crippen LogP contribution in [0, 0.1) is 0 Å². The normalized spacial score (nSPS) is 15.2.